The summed E-state index contributed by atoms with van der Waals surface area (Å²) in [5.41, 5.74) is 3.31. The number of anilines is 1. The summed E-state index contributed by atoms with van der Waals surface area (Å²) in [5.74, 6) is 0.205. The Labute approximate surface area is 141 Å². The van der Waals surface area contributed by atoms with Crippen molar-refractivity contribution in [1.82, 2.24) is 0 Å². The number of aliphatic hydroxyl groups excluding tert-OH is 1. The molecule has 1 atom stereocenters. The minimum absolute atomic E-state index is 0.0753. The Morgan fingerprint density at radius 2 is 2.00 bits per heavy atom. The maximum atomic E-state index is 12.3. The highest BCUT2D eigenvalue weighted by Crippen LogP contribution is 2.26. The van der Waals surface area contributed by atoms with Crippen LogP contribution in [-0.4, -0.2) is 17.1 Å². The molecule has 4 nitrogen and oxygen atoms in total. The van der Waals surface area contributed by atoms with Crippen LogP contribution in [0.3, 0.4) is 0 Å². The molecule has 0 fully saturated rings. The van der Waals surface area contributed by atoms with Gasteiger partial charge in [-0.25, -0.2) is 0 Å². The first-order chi connectivity index (χ1) is 10.9. The fourth-order valence-electron chi connectivity index (χ4n) is 2.08. The van der Waals surface area contributed by atoms with Gasteiger partial charge < -0.3 is 15.2 Å². The lowest BCUT2D eigenvalue weighted by molar-refractivity contribution is -0.122. The quantitative estimate of drug-likeness (QED) is 0.873. The third-order valence-electron chi connectivity index (χ3n) is 3.50. The van der Waals surface area contributed by atoms with Crippen molar-refractivity contribution < 1.29 is 14.6 Å². The predicted molar refractivity (Wildman–Crippen MR) is 92.0 cm³/mol. The van der Waals surface area contributed by atoms with Crippen LogP contribution >= 0.6 is 11.6 Å². The third kappa shape index (κ3) is 4.47. The number of aryl methyl sites for hydroxylation is 2. The van der Waals surface area contributed by atoms with Crippen LogP contribution in [0.25, 0.3) is 0 Å². The van der Waals surface area contributed by atoms with Crippen LogP contribution in [0.2, 0.25) is 5.02 Å². The van der Waals surface area contributed by atoms with E-state index in [-0.39, 0.29) is 12.5 Å². The molecule has 0 spiro atoms. The van der Waals surface area contributed by atoms with Crippen molar-refractivity contribution in [2.75, 3.05) is 5.32 Å². The summed E-state index contributed by atoms with van der Waals surface area (Å²) in [6.07, 6.45) is -0.702. The topological polar surface area (TPSA) is 58.6 Å². The van der Waals surface area contributed by atoms with Crippen molar-refractivity contribution in [2.45, 2.75) is 33.5 Å². The summed E-state index contributed by atoms with van der Waals surface area (Å²) in [5, 5.41) is 12.5. The Balaban J connectivity index is 2.10. The van der Waals surface area contributed by atoms with Crippen LogP contribution in [0.1, 0.15) is 23.6 Å². The van der Waals surface area contributed by atoms with Gasteiger partial charge in [-0.3, -0.25) is 4.79 Å². The van der Waals surface area contributed by atoms with E-state index in [4.69, 9.17) is 16.3 Å². The minimum atomic E-state index is -0.702. The van der Waals surface area contributed by atoms with Gasteiger partial charge in [-0.1, -0.05) is 29.8 Å². The Morgan fingerprint density at radius 1 is 1.26 bits per heavy atom. The fourth-order valence-corrected chi connectivity index (χ4v) is 2.24. The fraction of sp³-hybridized carbons (Fsp3) is 0.278. The highest BCUT2D eigenvalue weighted by Gasteiger charge is 2.17. The monoisotopic (exact) mass is 333 g/mol. The molecule has 0 saturated heterocycles. The number of hydrogen-bond acceptors (Lipinski definition) is 3. The van der Waals surface area contributed by atoms with Crippen molar-refractivity contribution in [3.63, 3.8) is 0 Å². The van der Waals surface area contributed by atoms with E-state index in [0.717, 1.165) is 16.7 Å². The van der Waals surface area contributed by atoms with Gasteiger partial charge in [0.05, 0.1) is 11.6 Å². The molecule has 5 heteroatoms. The Hall–Kier alpha value is -2.04. The van der Waals surface area contributed by atoms with Crippen molar-refractivity contribution in [3.8, 4) is 5.75 Å². The molecule has 1 amide bonds. The molecule has 0 aliphatic carbocycles. The van der Waals surface area contributed by atoms with Crippen molar-refractivity contribution in [1.29, 1.82) is 0 Å². The molecule has 2 N–H and O–H groups in total. The van der Waals surface area contributed by atoms with Gasteiger partial charge in [0.25, 0.3) is 5.91 Å². The van der Waals surface area contributed by atoms with Gasteiger partial charge in [-0.05, 0) is 55.7 Å². The minimum Gasteiger partial charge on any atom is -0.479 e. The number of benzene rings is 2. The van der Waals surface area contributed by atoms with E-state index >= 15 is 0 Å². The molecule has 0 heterocycles. The number of rotatable bonds is 5. The molecule has 1 unspecified atom stereocenters. The molecular formula is C18H20ClNO3. The van der Waals surface area contributed by atoms with E-state index in [2.05, 4.69) is 5.32 Å². The number of amides is 1. The Bertz CT molecular complexity index is 715. The standard InChI is InChI=1S/C18H20ClNO3/c1-11-4-7-15(19)17(8-11)23-13(3)18(22)20-16-9-14(10-21)6-5-12(16)2/h4-9,13,21H,10H2,1-3H3,(H,20,22). The van der Waals surface area contributed by atoms with Crippen molar-refractivity contribution in [3.05, 3.63) is 58.1 Å². The average molecular weight is 334 g/mol. The van der Waals surface area contributed by atoms with E-state index in [9.17, 15) is 9.90 Å². The second-order valence-electron chi connectivity index (χ2n) is 5.49. The molecule has 0 saturated carbocycles. The van der Waals surface area contributed by atoms with Crippen LogP contribution in [0.4, 0.5) is 5.69 Å². The van der Waals surface area contributed by atoms with Gasteiger partial charge >= 0.3 is 0 Å². The van der Waals surface area contributed by atoms with Gasteiger partial charge in [0.1, 0.15) is 5.75 Å². The van der Waals surface area contributed by atoms with Gasteiger partial charge in [0.15, 0.2) is 6.10 Å². The highest BCUT2D eigenvalue weighted by molar-refractivity contribution is 6.32. The number of aliphatic hydroxyl groups is 1. The number of carbonyl (C=O) groups excluding carboxylic acids is 1. The smallest absolute Gasteiger partial charge is 0.265 e. The summed E-state index contributed by atoms with van der Waals surface area (Å²) in [6, 6.07) is 10.8. The second-order valence-corrected chi connectivity index (χ2v) is 5.90. The lowest BCUT2D eigenvalue weighted by Gasteiger charge is -2.17. The maximum Gasteiger partial charge on any atom is 0.265 e. The van der Waals surface area contributed by atoms with Gasteiger partial charge in [0.2, 0.25) is 0 Å². The van der Waals surface area contributed by atoms with E-state index in [1.54, 1.807) is 25.1 Å². The summed E-state index contributed by atoms with van der Waals surface area (Å²) in [7, 11) is 0. The number of hydrogen-bond donors (Lipinski definition) is 2. The van der Waals surface area contributed by atoms with Gasteiger partial charge in [0, 0.05) is 5.69 Å². The Morgan fingerprint density at radius 3 is 2.70 bits per heavy atom. The first-order valence-electron chi connectivity index (χ1n) is 7.34. The third-order valence-corrected chi connectivity index (χ3v) is 3.81. The van der Waals surface area contributed by atoms with Crippen LogP contribution in [0, 0.1) is 13.8 Å². The first kappa shape index (κ1) is 17.3. The molecule has 122 valence electrons. The molecular weight excluding hydrogens is 314 g/mol. The van der Waals surface area contributed by atoms with Crippen LogP contribution in [-0.2, 0) is 11.4 Å². The van der Waals surface area contributed by atoms with Crippen LogP contribution in [0.15, 0.2) is 36.4 Å². The van der Waals surface area contributed by atoms with Crippen molar-refractivity contribution >= 4 is 23.2 Å². The van der Waals surface area contributed by atoms with Gasteiger partial charge in [-0.15, -0.1) is 0 Å². The molecule has 0 bridgehead atoms. The summed E-state index contributed by atoms with van der Waals surface area (Å²) in [4.78, 5) is 12.3. The molecule has 23 heavy (non-hydrogen) atoms. The van der Waals surface area contributed by atoms with Gasteiger partial charge in [-0.2, -0.15) is 0 Å². The molecule has 2 rings (SSSR count). The normalized spacial score (nSPS) is 11.9. The summed E-state index contributed by atoms with van der Waals surface area (Å²) in [6.45, 7) is 5.41. The van der Waals surface area contributed by atoms with Crippen LogP contribution < -0.4 is 10.1 Å². The van der Waals surface area contributed by atoms with E-state index in [1.807, 2.05) is 32.0 Å². The summed E-state index contributed by atoms with van der Waals surface area (Å²) >= 11 is 6.09. The molecule has 0 aromatic heterocycles. The zero-order chi connectivity index (χ0) is 17.0. The average Bonchev–Trinajstić information content (AvgIpc) is 2.52. The van der Waals surface area contributed by atoms with E-state index in [1.165, 1.54) is 0 Å². The highest BCUT2D eigenvalue weighted by atomic mass is 35.5. The lowest BCUT2D eigenvalue weighted by atomic mass is 10.1. The lowest BCUT2D eigenvalue weighted by Crippen LogP contribution is -2.30. The van der Waals surface area contributed by atoms with Crippen LogP contribution in [0.5, 0.6) is 5.75 Å². The second kappa shape index (κ2) is 7.49. The van der Waals surface area contributed by atoms with E-state index < -0.39 is 6.10 Å². The maximum absolute atomic E-state index is 12.3. The first-order valence-corrected chi connectivity index (χ1v) is 7.72. The number of ether oxygens (including phenoxy) is 1. The van der Waals surface area contributed by atoms with Crippen molar-refractivity contribution in [2.24, 2.45) is 0 Å². The zero-order valence-corrected chi connectivity index (χ0v) is 14.1. The molecule has 0 aliphatic heterocycles. The largest absolute Gasteiger partial charge is 0.479 e. The zero-order valence-electron chi connectivity index (χ0n) is 13.4. The van der Waals surface area contributed by atoms with E-state index in [0.29, 0.717) is 16.5 Å². The number of nitrogens with one attached hydrogen (secondary N) is 1. The number of halogens is 1. The summed E-state index contributed by atoms with van der Waals surface area (Å²) < 4.78 is 5.66. The Kier molecular flexibility index (Phi) is 5.64. The molecule has 2 aromatic rings. The molecule has 0 radical (unpaired) electrons. The predicted octanol–water partition coefficient (Wildman–Crippen LogP) is 3.86. The molecule has 2 aromatic carbocycles. The SMILES string of the molecule is Cc1ccc(Cl)c(OC(C)C(=O)Nc2cc(CO)ccc2C)c1. The number of carbonyl (C=O) groups is 1. The molecule has 0 aliphatic rings.